The monoisotopic (exact) mass is 386 g/mol. The van der Waals surface area contributed by atoms with E-state index in [1.54, 1.807) is 49.6 Å². The number of carbonyl (C=O) groups excluding carboxylic acids is 2. The van der Waals surface area contributed by atoms with Crippen molar-refractivity contribution in [3.05, 3.63) is 53.6 Å². The molecule has 0 spiro atoms. The van der Waals surface area contributed by atoms with Crippen molar-refractivity contribution in [1.82, 2.24) is 5.43 Å². The van der Waals surface area contributed by atoms with Crippen LogP contribution in [0.5, 0.6) is 17.2 Å². The molecular weight excluding hydrogens is 364 g/mol. The molecule has 0 unspecified atom stereocenters. The number of esters is 1. The molecule has 0 aromatic heterocycles. The highest BCUT2D eigenvalue weighted by molar-refractivity contribution is 5.83. The molecule has 0 aliphatic rings. The van der Waals surface area contributed by atoms with Crippen LogP contribution >= 0.6 is 0 Å². The minimum absolute atomic E-state index is 0.151. The average Bonchev–Trinajstić information content (AvgIpc) is 2.72. The molecule has 1 N–H and O–H groups in total. The number of carbonyl (C=O) groups is 2. The summed E-state index contributed by atoms with van der Waals surface area (Å²) in [5.41, 5.74) is 4.01. The lowest BCUT2D eigenvalue weighted by Crippen LogP contribution is -2.19. The second kappa shape index (κ2) is 10.6. The van der Waals surface area contributed by atoms with Gasteiger partial charge >= 0.3 is 5.97 Å². The topological polar surface area (TPSA) is 95.5 Å². The summed E-state index contributed by atoms with van der Waals surface area (Å²) in [7, 11) is 4.39. The van der Waals surface area contributed by atoms with Crippen LogP contribution in [-0.2, 0) is 20.7 Å². The fourth-order valence-corrected chi connectivity index (χ4v) is 2.25. The summed E-state index contributed by atoms with van der Waals surface area (Å²) in [6, 6.07) is 12.2. The third kappa shape index (κ3) is 6.31. The van der Waals surface area contributed by atoms with Crippen molar-refractivity contribution in [1.29, 1.82) is 0 Å². The van der Waals surface area contributed by atoms with Gasteiger partial charge in [0.25, 0.3) is 0 Å². The number of benzene rings is 2. The number of methoxy groups -OCH3 is 3. The fourth-order valence-electron chi connectivity index (χ4n) is 2.25. The Morgan fingerprint density at radius 3 is 2.36 bits per heavy atom. The van der Waals surface area contributed by atoms with E-state index >= 15 is 0 Å². The molecule has 1 amide bonds. The Kier molecular flexibility index (Phi) is 7.83. The van der Waals surface area contributed by atoms with Crippen molar-refractivity contribution in [3.8, 4) is 17.2 Å². The summed E-state index contributed by atoms with van der Waals surface area (Å²) in [4.78, 5) is 23.1. The zero-order valence-electron chi connectivity index (χ0n) is 15.9. The maximum Gasteiger partial charge on any atom is 0.343 e. The van der Waals surface area contributed by atoms with Gasteiger partial charge in [-0.3, -0.25) is 4.79 Å². The predicted octanol–water partition coefficient (Wildman–Crippen LogP) is 1.95. The molecule has 148 valence electrons. The molecule has 0 saturated heterocycles. The van der Waals surface area contributed by atoms with Gasteiger partial charge < -0.3 is 18.9 Å². The number of nitrogens with zero attached hydrogens (tertiary/aromatic N) is 1. The minimum atomic E-state index is -0.456. The summed E-state index contributed by atoms with van der Waals surface area (Å²) >= 11 is 0. The van der Waals surface area contributed by atoms with Gasteiger partial charge in [0, 0.05) is 0 Å². The van der Waals surface area contributed by atoms with Gasteiger partial charge in [-0.2, -0.15) is 5.10 Å². The van der Waals surface area contributed by atoms with Crippen molar-refractivity contribution in [2.75, 3.05) is 27.9 Å². The maximum absolute atomic E-state index is 12.0. The third-order valence-electron chi connectivity index (χ3n) is 3.68. The lowest BCUT2D eigenvalue weighted by molar-refractivity contribution is -0.142. The van der Waals surface area contributed by atoms with Crippen LogP contribution < -0.4 is 19.6 Å². The van der Waals surface area contributed by atoms with E-state index < -0.39 is 5.97 Å². The number of hydrogen-bond acceptors (Lipinski definition) is 7. The highest BCUT2D eigenvalue weighted by Gasteiger charge is 2.08. The normalized spacial score (nSPS) is 10.4. The van der Waals surface area contributed by atoms with Gasteiger partial charge in [0.2, 0.25) is 5.91 Å². The molecule has 0 aliphatic carbocycles. The Labute approximate surface area is 163 Å². The summed E-state index contributed by atoms with van der Waals surface area (Å²) < 4.78 is 20.1. The molecule has 2 rings (SSSR count). The van der Waals surface area contributed by atoms with Gasteiger partial charge in [-0.05, 0) is 47.5 Å². The quantitative estimate of drug-likeness (QED) is 0.402. The Bertz CT molecular complexity index is 833. The molecule has 0 aliphatic heterocycles. The van der Waals surface area contributed by atoms with Gasteiger partial charge in [-0.15, -0.1) is 0 Å². The lowest BCUT2D eigenvalue weighted by Gasteiger charge is -2.09. The Morgan fingerprint density at radius 2 is 1.71 bits per heavy atom. The van der Waals surface area contributed by atoms with Crippen molar-refractivity contribution in [2.45, 2.75) is 6.42 Å². The highest BCUT2D eigenvalue weighted by Crippen LogP contribution is 2.27. The van der Waals surface area contributed by atoms with E-state index in [0.29, 0.717) is 17.2 Å². The molecule has 2 aromatic rings. The number of hydrazone groups is 1. The van der Waals surface area contributed by atoms with Crippen LogP contribution in [-0.4, -0.2) is 46.0 Å². The van der Waals surface area contributed by atoms with Crippen LogP contribution in [0.4, 0.5) is 0 Å². The van der Waals surface area contributed by atoms with Crippen LogP contribution in [0.15, 0.2) is 47.6 Å². The minimum Gasteiger partial charge on any atom is -0.493 e. The second-order valence-corrected chi connectivity index (χ2v) is 5.59. The largest absolute Gasteiger partial charge is 0.493 e. The van der Waals surface area contributed by atoms with Gasteiger partial charge in [-0.1, -0.05) is 6.07 Å². The number of ether oxygens (including phenoxy) is 4. The standard InChI is InChI=1S/C20H22N2O6/c1-25-17-9-6-15(10-18(17)26-2)11-19(23)22-21-12-14-4-7-16(8-5-14)28-13-20(24)27-3/h4-10,12H,11,13H2,1-3H3,(H,22,23)/b21-12+. The summed E-state index contributed by atoms with van der Waals surface area (Å²) in [5.74, 6) is 0.971. The number of amides is 1. The number of nitrogens with one attached hydrogen (secondary N) is 1. The highest BCUT2D eigenvalue weighted by atomic mass is 16.6. The van der Waals surface area contributed by atoms with Crippen molar-refractivity contribution >= 4 is 18.1 Å². The number of rotatable bonds is 9. The van der Waals surface area contributed by atoms with E-state index in [2.05, 4.69) is 15.3 Å². The maximum atomic E-state index is 12.0. The molecule has 28 heavy (non-hydrogen) atoms. The molecule has 0 radical (unpaired) electrons. The molecule has 8 nitrogen and oxygen atoms in total. The van der Waals surface area contributed by atoms with E-state index in [-0.39, 0.29) is 18.9 Å². The molecular formula is C20H22N2O6. The fraction of sp³-hybridized carbons (Fsp3) is 0.250. The van der Waals surface area contributed by atoms with Crippen LogP contribution in [0.1, 0.15) is 11.1 Å². The molecule has 0 heterocycles. The van der Waals surface area contributed by atoms with Gasteiger partial charge in [-0.25, -0.2) is 10.2 Å². The van der Waals surface area contributed by atoms with Crippen molar-refractivity contribution in [3.63, 3.8) is 0 Å². The molecule has 0 atom stereocenters. The first-order valence-corrected chi connectivity index (χ1v) is 8.38. The SMILES string of the molecule is COC(=O)COc1ccc(/C=N/NC(=O)Cc2ccc(OC)c(OC)c2)cc1. The van der Waals surface area contributed by atoms with Crippen LogP contribution in [0.3, 0.4) is 0 Å². The first-order chi connectivity index (χ1) is 13.5. The van der Waals surface area contributed by atoms with Crippen LogP contribution in [0.25, 0.3) is 0 Å². The smallest absolute Gasteiger partial charge is 0.343 e. The lowest BCUT2D eigenvalue weighted by atomic mass is 10.1. The van der Waals surface area contributed by atoms with Crippen molar-refractivity contribution < 1.29 is 28.5 Å². The van der Waals surface area contributed by atoms with Gasteiger partial charge in [0.1, 0.15) is 5.75 Å². The Hall–Kier alpha value is -3.55. The summed E-state index contributed by atoms with van der Waals surface area (Å²) in [6.45, 7) is -0.157. The summed E-state index contributed by atoms with van der Waals surface area (Å²) in [5, 5.41) is 3.94. The van der Waals surface area contributed by atoms with Gasteiger partial charge in [0.05, 0.1) is 34.0 Å². The average molecular weight is 386 g/mol. The van der Waals surface area contributed by atoms with Crippen LogP contribution in [0.2, 0.25) is 0 Å². The van der Waals surface area contributed by atoms with E-state index in [1.165, 1.54) is 20.4 Å². The molecule has 0 fully saturated rings. The van der Waals surface area contributed by atoms with Crippen LogP contribution in [0, 0.1) is 0 Å². The molecule has 0 saturated carbocycles. The first kappa shape index (κ1) is 20.8. The van der Waals surface area contributed by atoms with Gasteiger partial charge in [0.15, 0.2) is 18.1 Å². The number of hydrogen-bond donors (Lipinski definition) is 1. The van der Waals surface area contributed by atoms with Crippen molar-refractivity contribution in [2.24, 2.45) is 5.10 Å². The van der Waals surface area contributed by atoms with E-state index in [0.717, 1.165) is 11.1 Å². The van der Waals surface area contributed by atoms with E-state index in [9.17, 15) is 9.59 Å². The Morgan fingerprint density at radius 1 is 1.00 bits per heavy atom. The Balaban J connectivity index is 1.85. The molecule has 8 heteroatoms. The first-order valence-electron chi connectivity index (χ1n) is 8.38. The second-order valence-electron chi connectivity index (χ2n) is 5.59. The zero-order valence-corrected chi connectivity index (χ0v) is 15.9. The molecule has 0 bridgehead atoms. The van der Waals surface area contributed by atoms with E-state index in [1.807, 2.05) is 0 Å². The third-order valence-corrected chi connectivity index (χ3v) is 3.68. The summed E-state index contributed by atoms with van der Waals surface area (Å²) in [6.07, 6.45) is 1.66. The zero-order chi connectivity index (χ0) is 20.4. The molecule has 2 aromatic carbocycles. The van der Waals surface area contributed by atoms with E-state index in [4.69, 9.17) is 14.2 Å². The predicted molar refractivity (Wildman–Crippen MR) is 103 cm³/mol.